The second kappa shape index (κ2) is 9.96. The van der Waals surface area contributed by atoms with Crippen LogP contribution in [-0.4, -0.2) is 47.3 Å². The highest BCUT2D eigenvalue weighted by atomic mass is 35.5. The molecule has 1 aromatic heterocycles. The molecule has 0 saturated carbocycles. The van der Waals surface area contributed by atoms with Crippen LogP contribution in [0.4, 0.5) is 15.8 Å². The minimum atomic E-state index is -0.642. The molecule has 0 bridgehead atoms. The fourth-order valence-electron chi connectivity index (χ4n) is 5.17. The lowest BCUT2D eigenvalue weighted by atomic mass is 9.79. The maximum atomic E-state index is 13.8. The molecule has 8 nitrogen and oxygen atoms in total. The summed E-state index contributed by atoms with van der Waals surface area (Å²) in [6.45, 7) is 7.51. The summed E-state index contributed by atoms with van der Waals surface area (Å²) in [6.07, 6.45) is 2.47. The third-order valence-corrected chi connectivity index (χ3v) is 7.02. The number of carbonyl (C=O) groups is 1. The van der Waals surface area contributed by atoms with Crippen LogP contribution in [0.15, 0.2) is 36.5 Å². The van der Waals surface area contributed by atoms with Crippen LogP contribution in [0.2, 0.25) is 5.02 Å². The molecule has 2 heterocycles. The van der Waals surface area contributed by atoms with Crippen molar-refractivity contribution in [2.45, 2.75) is 57.7 Å². The molecule has 1 amide bonds. The van der Waals surface area contributed by atoms with E-state index >= 15 is 0 Å². The Balaban J connectivity index is 1.78. The number of methoxy groups -OCH3 is 2. The number of nitrogens with one attached hydrogen (secondary N) is 2. The summed E-state index contributed by atoms with van der Waals surface area (Å²) >= 11 is 6.01. The average molecular weight is 530 g/mol. The van der Waals surface area contributed by atoms with Gasteiger partial charge in [0, 0.05) is 40.5 Å². The van der Waals surface area contributed by atoms with Crippen LogP contribution in [-0.2, 0) is 5.21 Å². The zero-order chi connectivity index (χ0) is 27.1. The van der Waals surface area contributed by atoms with Gasteiger partial charge in [-0.15, -0.1) is 10.3 Å². The number of anilines is 2. The summed E-state index contributed by atoms with van der Waals surface area (Å²) in [6, 6.07) is 7.45. The summed E-state index contributed by atoms with van der Waals surface area (Å²) in [5, 5.41) is 20.7. The zero-order valence-corrected chi connectivity index (χ0v) is 22.5. The number of piperidine rings is 1. The second-order valence-corrected chi connectivity index (χ2v) is 10.9. The first kappa shape index (κ1) is 26.9. The number of hydrogen-bond donors (Lipinski definition) is 2. The minimum Gasteiger partial charge on any atom is -0.493 e. The number of hydroxylamine groups is 2. The summed E-state index contributed by atoms with van der Waals surface area (Å²) in [4.78, 5) is 18.1. The van der Waals surface area contributed by atoms with Gasteiger partial charge in [-0.3, -0.25) is 9.78 Å². The molecule has 0 spiro atoms. The normalized spacial score (nSPS) is 17.4. The van der Waals surface area contributed by atoms with Gasteiger partial charge in [0.15, 0.2) is 11.5 Å². The van der Waals surface area contributed by atoms with Gasteiger partial charge in [-0.05, 0) is 64.8 Å². The Labute approximate surface area is 220 Å². The maximum Gasteiger partial charge on any atom is 0.255 e. The lowest BCUT2D eigenvalue weighted by Crippen LogP contribution is -2.62. The highest BCUT2D eigenvalue weighted by Gasteiger charge is 2.46. The molecule has 0 atom stereocenters. The molecule has 0 unspecified atom stereocenters. The van der Waals surface area contributed by atoms with Crippen LogP contribution in [0.3, 0.4) is 0 Å². The number of ether oxygens (including phenoxy) is 2. The Hall–Kier alpha value is -3.14. The van der Waals surface area contributed by atoms with Gasteiger partial charge in [0.05, 0.1) is 36.0 Å². The number of fused-ring (bicyclic) bond motifs is 1. The van der Waals surface area contributed by atoms with Crippen molar-refractivity contribution in [3.63, 3.8) is 0 Å². The minimum absolute atomic E-state index is 0.0533. The molecule has 1 radical (unpaired) electrons. The number of rotatable bonds is 6. The van der Waals surface area contributed by atoms with E-state index in [1.165, 1.54) is 38.6 Å². The molecule has 1 fully saturated rings. The van der Waals surface area contributed by atoms with Gasteiger partial charge in [-0.2, -0.15) is 0 Å². The Morgan fingerprint density at radius 3 is 2.30 bits per heavy atom. The van der Waals surface area contributed by atoms with Gasteiger partial charge in [-0.25, -0.2) is 4.39 Å². The Morgan fingerprint density at radius 1 is 1.08 bits per heavy atom. The van der Waals surface area contributed by atoms with Crippen molar-refractivity contribution in [3.05, 3.63) is 52.9 Å². The number of pyridine rings is 1. The fourth-order valence-corrected chi connectivity index (χ4v) is 5.35. The van der Waals surface area contributed by atoms with Crippen LogP contribution < -0.4 is 20.1 Å². The highest BCUT2D eigenvalue weighted by molar-refractivity contribution is 6.31. The predicted molar refractivity (Wildman–Crippen MR) is 141 cm³/mol. The van der Waals surface area contributed by atoms with Gasteiger partial charge >= 0.3 is 0 Å². The molecule has 1 saturated heterocycles. The second-order valence-electron chi connectivity index (χ2n) is 10.5. The van der Waals surface area contributed by atoms with Gasteiger partial charge in [0.25, 0.3) is 5.91 Å². The smallest absolute Gasteiger partial charge is 0.255 e. The first-order valence-corrected chi connectivity index (χ1v) is 12.3. The summed E-state index contributed by atoms with van der Waals surface area (Å²) in [7, 11) is 3.05. The van der Waals surface area contributed by atoms with Crippen molar-refractivity contribution in [2.75, 3.05) is 19.5 Å². The molecule has 2 aromatic carbocycles. The lowest BCUT2D eigenvalue weighted by molar-refractivity contribution is -0.289. The van der Waals surface area contributed by atoms with Crippen molar-refractivity contribution >= 4 is 39.8 Å². The van der Waals surface area contributed by atoms with Crippen molar-refractivity contribution in [2.24, 2.45) is 0 Å². The standard InChI is InChI=1S/C27H31ClFN4O4/c1-26(2)12-16(13-27(3,4)33(26)35)32-25(34)18-14-30-21-11-23(37-6)22(36-5)10-17(21)24(18)31-15-7-8-20(29)19(28)9-15/h7-11,14,16H,12-13H2,1-6H3,(H,30,31)(H,32,34). The van der Waals surface area contributed by atoms with Gasteiger partial charge in [0.2, 0.25) is 0 Å². The quantitative estimate of drug-likeness (QED) is 0.413. The molecule has 4 rings (SSSR count). The number of carbonyl (C=O) groups excluding carboxylic acids is 1. The van der Waals surface area contributed by atoms with E-state index < -0.39 is 16.9 Å². The molecule has 37 heavy (non-hydrogen) atoms. The number of halogens is 2. The van der Waals surface area contributed by atoms with Crippen molar-refractivity contribution in [1.82, 2.24) is 15.4 Å². The topological polar surface area (TPSA) is 95.6 Å². The molecule has 0 aliphatic carbocycles. The molecule has 2 N–H and O–H groups in total. The first-order valence-electron chi connectivity index (χ1n) is 11.9. The Morgan fingerprint density at radius 2 is 1.70 bits per heavy atom. The maximum absolute atomic E-state index is 13.8. The predicted octanol–water partition coefficient (Wildman–Crippen LogP) is 5.89. The summed E-state index contributed by atoms with van der Waals surface area (Å²) in [5.74, 6) is 0.0483. The Kier molecular flexibility index (Phi) is 7.25. The molecular formula is C27H31ClFN4O4. The van der Waals surface area contributed by atoms with Gasteiger partial charge in [0.1, 0.15) is 5.82 Å². The summed E-state index contributed by atoms with van der Waals surface area (Å²) < 4.78 is 24.7. The van der Waals surface area contributed by atoms with E-state index in [1.807, 2.05) is 27.7 Å². The van der Waals surface area contributed by atoms with Crippen LogP contribution in [0.1, 0.15) is 50.9 Å². The van der Waals surface area contributed by atoms with E-state index in [1.54, 1.807) is 12.1 Å². The highest BCUT2D eigenvalue weighted by Crippen LogP contribution is 2.39. The average Bonchev–Trinajstić information content (AvgIpc) is 2.83. The summed E-state index contributed by atoms with van der Waals surface area (Å²) in [5.41, 5.74) is 0.497. The van der Waals surface area contributed by atoms with Crippen molar-refractivity contribution in [3.8, 4) is 11.5 Å². The van der Waals surface area contributed by atoms with E-state index in [2.05, 4.69) is 15.6 Å². The van der Waals surface area contributed by atoms with Crippen molar-refractivity contribution in [1.29, 1.82) is 0 Å². The number of aromatic nitrogens is 1. The van der Waals surface area contributed by atoms with E-state index in [-0.39, 0.29) is 22.5 Å². The van der Waals surface area contributed by atoms with Gasteiger partial charge < -0.3 is 20.1 Å². The van der Waals surface area contributed by atoms with Crippen LogP contribution in [0.5, 0.6) is 11.5 Å². The van der Waals surface area contributed by atoms with E-state index in [4.69, 9.17) is 21.1 Å². The third-order valence-electron chi connectivity index (χ3n) is 6.73. The lowest BCUT2D eigenvalue weighted by Gasteiger charge is -2.50. The molecule has 1 aliphatic rings. The fraction of sp³-hybridized carbons (Fsp3) is 0.407. The zero-order valence-electron chi connectivity index (χ0n) is 21.7. The van der Waals surface area contributed by atoms with E-state index in [0.29, 0.717) is 46.6 Å². The molecular weight excluding hydrogens is 499 g/mol. The molecule has 1 aliphatic heterocycles. The SMILES string of the molecule is COc1cc2ncc(C(=O)NC3CC(C)(C)N([O])C(C)(C)C3)c(Nc3ccc(F)c(Cl)c3)c2cc1OC. The third kappa shape index (κ3) is 5.30. The molecule has 197 valence electrons. The number of benzene rings is 2. The number of nitrogens with zero attached hydrogens (tertiary/aromatic N) is 2. The number of amides is 1. The van der Waals surface area contributed by atoms with Crippen LogP contribution in [0, 0.1) is 5.82 Å². The van der Waals surface area contributed by atoms with E-state index in [0.717, 1.165) is 5.06 Å². The molecule has 3 aromatic rings. The van der Waals surface area contributed by atoms with Gasteiger partial charge in [-0.1, -0.05) is 11.6 Å². The van der Waals surface area contributed by atoms with Crippen LogP contribution in [0.25, 0.3) is 10.9 Å². The van der Waals surface area contributed by atoms with E-state index in [9.17, 15) is 14.4 Å². The van der Waals surface area contributed by atoms with Crippen molar-refractivity contribution < 1.29 is 23.9 Å². The number of hydrogen-bond acceptors (Lipinski definition) is 6. The molecule has 10 heteroatoms. The Bertz CT molecular complexity index is 1330. The van der Waals surface area contributed by atoms with Crippen LogP contribution >= 0.6 is 11.6 Å². The first-order chi connectivity index (χ1) is 17.4. The largest absolute Gasteiger partial charge is 0.493 e. The monoisotopic (exact) mass is 529 g/mol.